The molecule has 2 aromatic rings. The first-order valence-corrected chi connectivity index (χ1v) is 9.89. The highest BCUT2D eigenvalue weighted by Crippen LogP contribution is 2.35. The average Bonchev–Trinajstić information content (AvgIpc) is 2.69. The highest BCUT2D eigenvalue weighted by Gasteiger charge is 2.14. The number of carbonyl (C=O) groups excluding carboxylic acids is 1. The molecule has 0 saturated heterocycles. The third-order valence-corrected chi connectivity index (χ3v) is 4.71. The van der Waals surface area contributed by atoms with E-state index in [1.807, 2.05) is 45.0 Å². The van der Waals surface area contributed by atoms with Crippen molar-refractivity contribution in [2.75, 3.05) is 18.5 Å². The molecule has 0 aliphatic rings. The molecule has 0 aliphatic carbocycles. The lowest BCUT2D eigenvalue weighted by atomic mass is 10.1. The van der Waals surface area contributed by atoms with Gasteiger partial charge in [0.15, 0.2) is 11.5 Å². The molecule has 1 amide bonds. The third-order valence-electron chi connectivity index (χ3n) is 4.03. The molecule has 0 heterocycles. The molecule has 29 heavy (non-hydrogen) atoms. The van der Waals surface area contributed by atoms with Crippen LogP contribution < -0.4 is 14.8 Å². The van der Waals surface area contributed by atoms with Gasteiger partial charge in [0, 0.05) is 10.2 Å². The number of hydrogen-bond acceptors (Lipinski definition) is 4. The van der Waals surface area contributed by atoms with E-state index in [-0.39, 0.29) is 5.57 Å². The number of anilines is 1. The summed E-state index contributed by atoms with van der Waals surface area (Å²) < 4.78 is 11.9. The van der Waals surface area contributed by atoms with E-state index >= 15 is 0 Å². The Kier molecular flexibility index (Phi) is 8.05. The summed E-state index contributed by atoms with van der Waals surface area (Å²) in [5.41, 5.74) is 3.23. The van der Waals surface area contributed by atoms with E-state index in [0.29, 0.717) is 40.4 Å². The standard InChI is InChI=1S/C23H23BrN2O3/c1-5-9-29-22-13-19(24)17(12-21(22)28-6-2)11-18(14-25)23(27)26-20-10-15(3)7-8-16(20)4/h5,7-8,10-13H,1,6,9H2,2-4H3,(H,26,27)/b18-11+. The molecule has 0 radical (unpaired) electrons. The van der Waals surface area contributed by atoms with Gasteiger partial charge in [-0.3, -0.25) is 4.79 Å². The molecule has 0 fully saturated rings. The van der Waals surface area contributed by atoms with E-state index in [0.717, 1.165) is 11.1 Å². The predicted octanol–water partition coefficient (Wildman–Crippen LogP) is 5.58. The van der Waals surface area contributed by atoms with Crippen molar-refractivity contribution in [2.45, 2.75) is 20.8 Å². The maximum atomic E-state index is 12.7. The van der Waals surface area contributed by atoms with Gasteiger partial charge in [0.1, 0.15) is 18.2 Å². The largest absolute Gasteiger partial charge is 0.490 e. The van der Waals surface area contributed by atoms with E-state index in [9.17, 15) is 10.1 Å². The zero-order chi connectivity index (χ0) is 21.4. The number of amides is 1. The third kappa shape index (κ3) is 5.97. The summed E-state index contributed by atoms with van der Waals surface area (Å²) in [7, 11) is 0. The number of halogens is 1. The van der Waals surface area contributed by atoms with E-state index in [1.54, 1.807) is 18.2 Å². The molecule has 150 valence electrons. The molecule has 0 aromatic heterocycles. The second-order valence-corrected chi connectivity index (χ2v) is 7.15. The summed E-state index contributed by atoms with van der Waals surface area (Å²) in [6.45, 7) is 10.1. The molecule has 0 bridgehead atoms. The van der Waals surface area contributed by atoms with Gasteiger partial charge in [-0.05, 0) is 61.7 Å². The first kappa shape index (κ1) is 22.3. The second-order valence-electron chi connectivity index (χ2n) is 6.30. The van der Waals surface area contributed by atoms with Gasteiger partial charge in [-0.1, -0.05) is 40.7 Å². The number of carbonyl (C=O) groups is 1. The lowest BCUT2D eigenvalue weighted by Gasteiger charge is -2.13. The number of rotatable bonds is 8. The summed E-state index contributed by atoms with van der Waals surface area (Å²) in [4.78, 5) is 12.7. The zero-order valence-electron chi connectivity index (χ0n) is 16.7. The number of hydrogen-bond donors (Lipinski definition) is 1. The molecule has 0 aliphatic heterocycles. The van der Waals surface area contributed by atoms with Gasteiger partial charge >= 0.3 is 0 Å². The van der Waals surface area contributed by atoms with Crippen molar-refractivity contribution < 1.29 is 14.3 Å². The van der Waals surface area contributed by atoms with Crippen LogP contribution in [0.5, 0.6) is 11.5 Å². The SMILES string of the molecule is C=CCOc1cc(Br)c(/C=C(\C#N)C(=O)Nc2cc(C)ccc2C)cc1OCC. The lowest BCUT2D eigenvalue weighted by Crippen LogP contribution is -2.14. The van der Waals surface area contributed by atoms with Crippen LogP contribution in [0.4, 0.5) is 5.69 Å². The average molecular weight is 455 g/mol. The summed E-state index contributed by atoms with van der Waals surface area (Å²) in [6.07, 6.45) is 3.16. The predicted molar refractivity (Wildman–Crippen MR) is 119 cm³/mol. The van der Waals surface area contributed by atoms with Gasteiger partial charge in [0.05, 0.1) is 6.61 Å². The quantitative estimate of drug-likeness (QED) is 0.321. The van der Waals surface area contributed by atoms with Crippen LogP contribution in [0.25, 0.3) is 6.08 Å². The van der Waals surface area contributed by atoms with Gasteiger partial charge in [-0.15, -0.1) is 0 Å². The fraction of sp³-hybridized carbons (Fsp3) is 0.217. The minimum atomic E-state index is -0.474. The molecule has 2 aromatic carbocycles. The smallest absolute Gasteiger partial charge is 0.266 e. The summed E-state index contributed by atoms with van der Waals surface area (Å²) >= 11 is 3.47. The van der Waals surface area contributed by atoms with Crippen LogP contribution >= 0.6 is 15.9 Å². The van der Waals surface area contributed by atoms with E-state index in [1.165, 1.54) is 6.08 Å². The molecule has 1 N–H and O–H groups in total. The van der Waals surface area contributed by atoms with Crippen molar-refractivity contribution in [1.82, 2.24) is 0 Å². The van der Waals surface area contributed by atoms with Gasteiger partial charge in [-0.25, -0.2) is 0 Å². The van der Waals surface area contributed by atoms with Crippen LogP contribution in [-0.2, 0) is 4.79 Å². The topological polar surface area (TPSA) is 71.3 Å². The van der Waals surface area contributed by atoms with Crippen molar-refractivity contribution >= 4 is 33.6 Å². The van der Waals surface area contributed by atoms with Crippen LogP contribution in [0, 0.1) is 25.2 Å². The Morgan fingerprint density at radius 1 is 1.24 bits per heavy atom. The lowest BCUT2D eigenvalue weighted by molar-refractivity contribution is -0.112. The Morgan fingerprint density at radius 2 is 1.97 bits per heavy atom. The molecule has 0 saturated carbocycles. The normalized spacial score (nSPS) is 10.8. The Morgan fingerprint density at radius 3 is 2.62 bits per heavy atom. The molecule has 0 unspecified atom stereocenters. The Bertz CT molecular complexity index is 990. The van der Waals surface area contributed by atoms with Crippen molar-refractivity contribution in [2.24, 2.45) is 0 Å². The molecule has 2 rings (SSSR count). The van der Waals surface area contributed by atoms with Crippen molar-refractivity contribution in [3.8, 4) is 17.6 Å². The van der Waals surface area contributed by atoms with Gasteiger partial charge in [0.2, 0.25) is 0 Å². The van der Waals surface area contributed by atoms with Crippen molar-refractivity contribution in [3.05, 3.63) is 69.7 Å². The highest BCUT2D eigenvalue weighted by atomic mass is 79.9. The molecule has 5 nitrogen and oxygen atoms in total. The van der Waals surface area contributed by atoms with Gasteiger partial charge in [0.25, 0.3) is 5.91 Å². The maximum Gasteiger partial charge on any atom is 0.266 e. The van der Waals surface area contributed by atoms with E-state index < -0.39 is 5.91 Å². The molecule has 0 atom stereocenters. The molecule has 6 heteroatoms. The van der Waals surface area contributed by atoms with Gasteiger partial charge < -0.3 is 14.8 Å². The minimum absolute atomic E-state index is 0.0196. The first-order valence-electron chi connectivity index (χ1n) is 9.10. The molecular weight excluding hydrogens is 432 g/mol. The van der Waals surface area contributed by atoms with Crippen molar-refractivity contribution in [3.63, 3.8) is 0 Å². The fourth-order valence-corrected chi connectivity index (χ4v) is 2.99. The second kappa shape index (κ2) is 10.5. The number of aryl methyl sites for hydroxylation is 2. The zero-order valence-corrected chi connectivity index (χ0v) is 18.3. The number of ether oxygens (including phenoxy) is 2. The minimum Gasteiger partial charge on any atom is -0.490 e. The van der Waals surface area contributed by atoms with E-state index in [4.69, 9.17) is 9.47 Å². The monoisotopic (exact) mass is 454 g/mol. The van der Waals surface area contributed by atoms with Crippen LogP contribution in [0.3, 0.4) is 0 Å². The highest BCUT2D eigenvalue weighted by molar-refractivity contribution is 9.10. The maximum absolute atomic E-state index is 12.7. The van der Waals surface area contributed by atoms with Crippen molar-refractivity contribution in [1.29, 1.82) is 5.26 Å². The van der Waals surface area contributed by atoms with E-state index in [2.05, 4.69) is 27.8 Å². The number of nitrogens with one attached hydrogen (secondary N) is 1. The van der Waals surface area contributed by atoms with Crippen LogP contribution in [0.2, 0.25) is 0 Å². The number of benzene rings is 2. The molecule has 0 spiro atoms. The summed E-state index contributed by atoms with van der Waals surface area (Å²) in [6, 6.07) is 11.2. The summed E-state index contributed by atoms with van der Waals surface area (Å²) in [5, 5.41) is 12.3. The first-order chi connectivity index (χ1) is 13.9. The Balaban J connectivity index is 2.37. The van der Waals surface area contributed by atoms with Crippen LogP contribution in [0.1, 0.15) is 23.6 Å². The fourth-order valence-electron chi connectivity index (χ4n) is 2.56. The van der Waals surface area contributed by atoms with Crippen LogP contribution in [0.15, 0.2) is 53.0 Å². The summed E-state index contributed by atoms with van der Waals surface area (Å²) in [5.74, 6) is 0.600. The molecular formula is C23H23BrN2O3. The number of nitriles is 1. The Labute approximate surface area is 179 Å². The van der Waals surface area contributed by atoms with Crippen LogP contribution in [-0.4, -0.2) is 19.1 Å². The number of nitrogens with zero attached hydrogens (tertiary/aromatic N) is 1. The van der Waals surface area contributed by atoms with Gasteiger partial charge in [-0.2, -0.15) is 5.26 Å². The Hall–Kier alpha value is -3.04.